The van der Waals surface area contributed by atoms with E-state index in [2.05, 4.69) is 102 Å². The molecule has 4 aromatic rings. The molecule has 2 heteroatoms. The third kappa shape index (κ3) is 3.27. The lowest BCUT2D eigenvalue weighted by atomic mass is 10.0. The maximum atomic E-state index is 5.28. The van der Waals surface area contributed by atoms with E-state index >= 15 is 0 Å². The fraction of sp³-hybridized carbons (Fsp3) is 0.200. The molecule has 0 saturated carbocycles. The van der Waals surface area contributed by atoms with Crippen LogP contribution in [0.25, 0.3) is 10.8 Å². The van der Waals surface area contributed by atoms with Crippen molar-refractivity contribution in [3.8, 4) is 0 Å². The van der Waals surface area contributed by atoms with Gasteiger partial charge in [-0.15, -0.1) is 0 Å². The molecule has 0 aliphatic heterocycles. The molecule has 1 aliphatic carbocycles. The van der Waals surface area contributed by atoms with E-state index in [9.17, 15) is 0 Å². The monoisotopic (exact) mass is 416 g/mol. The standard InChI is InChI=1S/C30H28N2/c1-17-13-19(3)27(20(4)14-17)31-29-24-11-7-9-23-10-8-12-25(26(23)24)30(29)32-28-21(5)15-18(2)16-22(28)6/h7-16H,1-6H3/b31-29+,32-30+. The average Bonchev–Trinajstić information content (AvgIpc) is 3.02. The van der Waals surface area contributed by atoms with Gasteiger partial charge in [-0.25, -0.2) is 9.98 Å². The first-order valence-corrected chi connectivity index (χ1v) is 11.2. The molecule has 4 aromatic carbocycles. The Morgan fingerprint density at radius 1 is 0.500 bits per heavy atom. The van der Waals surface area contributed by atoms with Gasteiger partial charge in [-0.1, -0.05) is 71.8 Å². The van der Waals surface area contributed by atoms with Crippen molar-refractivity contribution in [2.75, 3.05) is 0 Å². The van der Waals surface area contributed by atoms with Crippen LogP contribution in [-0.2, 0) is 0 Å². The summed E-state index contributed by atoms with van der Waals surface area (Å²) in [7, 11) is 0. The Bertz CT molecular complexity index is 1310. The van der Waals surface area contributed by atoms with Crippen LogP contribution in [0.1, 0.15) is 44.5 Å². The molecule has 0 amide bonds. The molecule has 158 valence electrons. The van der Waals surface area contributed by atoms with Gasteiger partial charge >= 0.3 is 0 Å². The van der Waals surface area contributed by atoms with Gasteiger partial charge in [-0.05, 0) is 69.2 Å². The zero-order chi connectivity index (χ0) is 22.6. The highest BCUT2D eigenvalue weighted by molar-refractivity contribution is 6.61. The lowest BCUT2D eigenvalue weighted by Crippen LogP contribution is -2.11. The minimum atomic E-state index is 0.964. The molecule has 2 nitrogen and oxygen atoms in total. The van der Waals surface area contributed by atoms with Crippen LogP contribution in [0.15, 0.2) is 70.6 Å². The topological polar surface area (TPSA) is 24.7 Å². The molecule has 0 atom stereocenters. The molecule has 0 saturated heterocycles. The van der Waals surface area contributed by atoms with Crippen molar-refractivity contribution in [3.05, 3.63) is 105 Å². The van der Waals surface area contributed by atoms with E-state index in [1.807, 2.05) is 0 Å². The minimum Gasteiger partial charge on any atom is -0.246 e. The molecule has 0 N–H and O–H groups in total. The fourth-order valence-corrected chi connectivity index (χ4v) is 5.14. The molecule has 0 bridgehead atoms. The molecule has 0 heterocycles. The molecule has 0 aromatic heterocycles. The lowest BCUT2D eigenvalue weighted by molar-refractivity contribution is 1.28. The third-order valence-electron chi connectivity index (χ3n) is 6.36. The van der Waals surface area contributed by atoms with Crippen molar-refractivity contribution < 1.29 is 0 Å². The smallest absolute Gasteiger partial charge is 0.0979 e. The summed E-state index contributed by atoms with van der Waals surface area (Å²) in [4.78, 5) is 10.6. The van der Waals surface area contributed by atoms with Crippen molar-refractivity contribution in [3.63, 3.8) is 0 Å². The van der Waals surface area contributed by atoms with Gasteiger partial charge < -0.3 is 0 Å². The molecule has 0 spiro atoms. The predicted molar refractivity (Wildman–Crippen MR) is 138 cm³/mol. The number of aliphatic imine (C=N–C) groups is 2. The highest BCUT2D eigenvalue weighted by Crippen LogP contribution is 2.36. The summed E-state index contributed by atoms with van der Waals surface area (Å²) in [5.74, 6) is 0. The molecular formula is C30H28N2. The van der Waals surface area contributed by atoms with Crippen LogP contribution in [0.4, 0.5) is 11.4 Å². The van der Waals surface area contributed by atoms with E-state index in [4.69, 9.17) is 9.98 Å². The zero-order valence-electron chi connectivity index (χ0n) is 19.7. The number of nitrogens with zero attached hydrogens (tertiary/aromatic N) is 2. The lowest BCUT2D eigenvalue weighted by Gasteiger charge is -2.11. The van der Waals surface area contributed by atoms with E-state index in [-0.39, 0.29) is 0 Å². The van der Waals surface area contributed by atoms with Crippen molar-refractivity contribution in [2.45, 2.75) is 41.5 Å². The summed E-state index contributed by atoms with van der Waals surface area (Å²) in [5.41, 5.74) is 13.7. The Balaban J connectivity index is 1.84. The van der Waals surface area contributed by atoms with Gasteiger partial charge in [-0.3, -0.25) is 0 Å². The van der Waals surface area contributed by atoms with Crippen LogP contribution in [0.3, 0.4) is 0 Å². The summed E-state index contributed by atoms with van der Waals surface area (Å²) in [5, 5.41) is 2.48. The Morgan fingerprint density at radius 2 is 0.875 bits per heavy atom. The number of benzene rings is 4. The normalized spacial score (nSPS) is 15.3. The van der Waals surface area contributed by atoms with E-state index < -0.39 is 0 Å². The summed E-state index contributed by atoms with van der Waals surface area (Å²) in [6.45, 7) is 12.9. The van der Waals surface area contributed by atoms with Gasteiger partial charge in [0.1, 0.15) is 0 Å². The van der Waals surface area contributed by atoms with E-state index in [0.29, 0.717) is 0 Å². The van der Waals surface area contributed by atoms with E-state index in [0.717, 1.165) is 22.8 Å². The Morgan fingerprint density at radius 3 is 1.25 bits per heavy atom. The summed E-state index contributed by atoms with van der Waals surface area (Å²) in [6, 6.07) is 21.8. The van der Waals surface area contributed by atoms with Gasteiger partial charge in [0.2, 0.25) is 0 Å². The molecule has 5 rings (SSSR count). The van der Waals surface area contributed by atoms with Crippen LogP contribution in [-0.4, -0.2) is 11.4 Å². The maximum Gasteiger partial charge on any atom is 0.0979 e. The first-order valence-electron chi connectivity index (χ1n) is 11.2. The van der Waals surface area contributed by atoms with Crippen LogP contribution >= 0.6 is 0 Å². The number of rotatable bonds is 2. The van der Waals surface area contributed by atoms with Crippen molar-refractivity contribution in [1.82, 2.24) is 0 Å². The quantitative estimate of drug-likeness (QED) is 0.317. The second-order valence-corrected chi connectivity index (χ2v) is 9.12. The van der Waals surface area contributed by atoms with Gasteiger partial charge in [0.15, 0.2) is 0 Å². The first-order chi connectivity index (χ1) is 15.3. The number of hydrogen-bond donors (Lipinski definition) is 0. The Hall–Kier alpha value is -3.52. The molecule has 0 radical (unpaired) electrons. The van der Waals surface area contributed by atoms with Crippen LogP contribution in [0.5, 0.6) is 0 Å². The van der Waals surface area contributed by atoms with Crippen LogP contribution < -0.4 is 0 Å². The third-order valence-corrected chi connectivity index (χ3v) is 6.36. The van der Waals surface area contributed by atoms with Crippen molar-refractivity contribution in [1.29, 1.82) is 0 Å². The first kappa shape index (κ1) is 20.4. The van der Waals surface area contributed by atoms with Gasteiger partial charge in [0.25, 0.3) is 0 Å². The second-order valence-electron chi connectivity index (χ2n) is 9.12. The zero-order valence-corrected chi connectivity index (χ0v) is 19.7. The predicted octanol–water partition coefficient (Wildman–Crippen LogP) is 7.95. The second kappa shape index (κ2) is 7.56. The van der Waals surface area contributed by atoms with E-state index in [1.54, 1.807) is 0 Å². The van der Waals surface area contributed by atoms with Crippen molar-refractivity contribution in [2.24, 2.45) is 9.98 Å². The van der Waals surface area contributed by atoms with Crippen molar-refractivity contribution >= 4 is 33.6 Å². The molecular weight excluding hydrogens is 388 g/mol. The molecule has 0 fully saturated rings. The van der Waals surface area contributed by atoms with Gasteiger partial charge in [-0.2, -0.15) is 0 Å². The largest absolute Gasteiger partial charge is 0.246 e. The fourth-order valence-electron chi connectivity index (χ4n) is 5.14. The molecule has 0 unspecified atom stereocenters. The minimum absolute atomic E-state index is 0.964. The number of hydrogen-bond acceptors (Lipinski definition) is 2. The Labute approximate surface area is 190 Å². The SMILES string of the molecule is Cc1cc(C)c(/N=C2/C(=N/c3c(C)cc(C)cc3C)c3cccc4cccc2c34)c(C)c1. The number of aryl methyl sites for hydroxylation is 6. The summed E-state index contributed by atoms with van der Waals surface area (Å²) in [6.07, 6.45) is 0. The van der Waals surface area contributed by atoms with E-state index in [1.165, 1.54) is 55.3 Å². The van der Waals surface area contributed by atoms with Crippen LogP contribution in [0, 0.1) is 41.5 Å². The van der Waals surface area contributed by atoms with Gasteiger partial charge in [0, 0.05) is 16.5 Å². The average molecular weight is 417 g/mol. The summed E-state index contributed by atoms with van der Waals surface area (Å²) >= 11 is 0. The highest BCUT2D eigenvalue weighted by atomic mass is 14.8. The summed E-state index contributed by atoms with van der Waals surface area (Å²) < 4.78 is 0. The van der Waals surface area contributed by atoms with Gasteiger partial charge in [0.05, 0.1) is 22.8 Å². The highest BCUT2D eigenvalue weighted by Gasteiger charge is 2.28. The molecule has 32 heavy (non-hydrogen) atoms. The van der Waals surface area contributed by atoms with Crippen LogP contribution in [0.2, 0.25) is 0 Å². The molecule has 1 aliphatic rings. The Kier molecular flexibility index (Phi) is 4.82. The maximum absolute atomic E-state index is 5.28.